The van der Waals surface area contributed by atoms with Gasteiger partial charge in [0.05, 0.1) is 18.2 Å². The second kappa shape index (κ2) is 9.13. The van der Waals surface area contributed by atoms with Gasteiger partial charge in [0.2, 0.25) is 0 Å². The predicted molar refractivity (Wildman–Crippen MR) is 107 cm³/mol. The molecule has 2 aliphatic rings. The van der Waals surface area contributed by atoms with Crippen LogP contribution in [0, 0.1) is 5.92 Å². The summed E-state index contributed by atoms with van der Waals surface area (Å²) in [5.74, 6) is 0.975. The van der Waals surface area contributed by atoms with Gasteiger partial charge in [0, 0.05) is 11.3 Å². The normalized spacial score (nSPS) is 25.0. The van der Waals surface area contributed by atoms with Crippen molar-refractivity contribution < 1.29 is 19.1 Å². The number of para-hydroxylation sites is 1. The first kappa shape index (κ1) is 20.2. The number of hydrogen-bond donors (Lipinski definition) is 2. The number of amides is 2. The van der Waals surface area contributed by atoms with Crippen LogP contribution >= 0.6 is 0 Å². The number of urea groups is 1. The van der Waals surface area contributed by atoms with Crippen LogP contribution in [0.4, 0.5) is 4.79 Å². The zero-order valence-corrected chi connectivity index (χ0v) is 16.9. The highest BCUT2D eigenvalue weighted by Gasteiger charge is 2.35. The fourth-order valence-electron chi connectivity index (χ4n) is 3.82. The lowest BCUT2D eigenvalue weighted by molar-refractivity contribution is -0.146. The van der Waals surface area contributed by atoms with E-state index in [0.29, 0.717) is 29.5 Å². The quantitative estimate of drug-likeness (QED) is 0.718. The first-order chi connectivity index (χ1) is 13.5. The molecule has 0 bridgehead atoms. The molecule has 1 aliphatic heterocycles. The second-order valence-corrected chi connectivity index (χ2v) is 7.74. The van der Waals surface area contributed by atoms with Crippen molar-refractivity contribution in [1.29, 1.82) is 0 Å². The number of carbonyl (C=O) groups is 2. The van der Waals surface area contributed by atoms with Crippen LogP contribution in [0.5, 0.6) is 5.75 Å². The summed E-state index contributed by atoms with van der Waals surface area (Å²) in [6, 6.07) is 6.57. The number of nitrogens with one attached hydrogen (secondary N) is 2. The molecule has 2 amide bonds. The highest BCUT2D eigenvalue weighted by Crippen LogP contribution is 2.35. The molecule has 1 aliphatic carbocycles. The van der Waals surface area contributed by atoms with Gasteiger partial charge in [-0.05, 0) is 51.0 Å². The minimum atomic E-state index is -0.600. The summed E-state index contributed by atoms with van der Waals surface area (Å²) < 4.78 is 11.7. The summed E-state index contributed by atoms with van der Waals surface area (Å²) in [6.45, 7) is 6.57. The van der Waals surface area contributed by atoms with E-state index in [1.54, 1.807) is 6.92 Å². The van der Waals surface area contributed by atoms with Crippen LogP contribution in [0.1, 0.15) is 64.5 Å². The molecule has 1 aromatic carbocycles. The van der Waals surface area contributed by atoms with Crippen LogP contribution < -0.4 is 15.4 Å². The van der Waals surface area contributed by atoms with Gasteiger partial charge in [0.25, 0.3) is 0 Å². The molecular weight excluding hydrogens is 356 g/mol. The Kier molecular flexibility index (Phi) is 6.60. The molecule has 1 aromatic rings. The van der Waals surface area contributed by atoms with Gasteiger partial charge in [-0.2, -0.15) is 0 Å². The maximum atomic E-state index is 13.1. The van der Waals surface area contributed by atoms with Gasteiger partial charge in [-0.1, -0.05) is 32.0 Å². The molecule has 0 radical (unpaired) electrons. The number of allylic oxidation sites excluding steroid dienone is 1. The van der Waals surface area contributed by atoms with Crippen molar-refractivity contribution in [2.24, 2.45) is 5.92 Å². The van der Waals surface area contributed by atoms with Crippen molar-refractivity contribution in [3.05, 3.63) is 41.1 Å². The first-order valence-electron chi connectivity index (χ1n) is 10.2. The molecule has 1 fully saturated rings. The van der Waals surface area contributed by atoms with E-state index in [-0.39, 0.29) is 18.1 Å². The van der Waals surface area contributed by atoms with Crippen molar-refractivity contribution >= 4 is 12.0 Å². The summed E-state index contributed by atoms with van der Waals surface area (Å²) in [6.07, 6.45) is 4.73. The Morgan fingerprint density at radius 1 is 1.18 bits per heavy atom. The zero-order chi connectivity index (χ0) is 20.1. The Morgan fingerprint density at radius 3 is 2.61 bits per heavy atom. The molecule has 28 heavy (non-hydrogen) atoms. The van der Waals surface area contributed by atoms with Crippen molar-refractivity contribution in [1.82, 2.24) is 10.6 Å². The number of rotatable bonds is 6. The molecule has 152 valence electrons. The van der Waals surface area contributed by atoms with E-state index in [1.165, 1.54) is 0 Å². The lowest BCUT2D eigenvalue weighted by atomic mass is 9.88. The molecule has 0 spiro atoms. The monoisotopic (exact) mass is 386 g/mol. The molecule has 1 unspecified atom stereocenters. The largest absolute Gasteiger partial charge is 0.493 e. The van der Waals surface area contributed by atoms with E-state index < -0.39 is 6.04 Å². The Morgan fingerprint density at radius 2 is 1.89 bits per heavy atom. The van der Waals surface area contributed by atoms with Crippen LogP contribution in [-0.2, 0) is 9.53 Å². The van der Waals surface area contributed by atoms with E-state index in [2.05, 4.69) is 17.6 Å². The highest BCUT2D eigenvalue weighted by atomic mass is 16.5. The van der Waals surface area contributed by atoms with Crippen molar-refractivity contribution in [2.75, 3.05) is 6.61 Å². The summed E-state index contributed by atoms with van der Waals surface area (Å²) in [4.78, 5) is 25.2. The van der Waals surface area contributed by atoms with E-state index in [9.17, 15) is 9.59 Å². The molecule has 6 heteroatoms. The SMILES string of the molecule is CCCOc1ccccc1C1NC(=O)NC(C)=C1C(=O)OC1CCC(C)CC1. The molecule has 6 nitrogen and oxygen atoms in total. The van der Waals surface area contributed by atoms with E-state index in [1.807, 2.05) is 31.2 Å². The predicted octanol–water partition coefficient (Wildman–Crippen LogP) is 4.23. The Hall–Kier alpha value is -2.50. The lowest BCUT2D eigenvalue weighted by Crippen LogP contribution is -2.45. The van der Waals surface area contributed by atoms with Gasteiger partial charge in [0.15, 0.2) is 0 Å². The van der Waals surface area contributed by atoms with Gasteiger partial charge in [0.1, 0.15) is 11.9 Å². The zero-order valence-electron chi connectivity index (χ0n) is 16.9. The summed E-state index contributed by atoms with van der Waals surface area (Å²) in [7, 11) is 0. The Bertz CT molecular complexity index is 751. The Balaban J connectivity index is 1.86. The van der Waals surface area contributed by atoms with Gasteiger partial charge < -0.3 is 20.1 Å². The summed E-state index contributed by atoms with van der Waals surface area (Å²) >= 11 is 0. The van der Waals surface area contributed by atoms with Crippen LogP contribution in [0.2, 0.25) is 0 Å². The minimum Gasteiger partial charge on any atom is -0.493 e. The Labute approximate surface area is 166 Å². The minimum absolute atomic E-state index is 0.0612. The topological polar surface area (TPSA) is 76.7 Å². The van der Waals surface area contributed by atoms with Crippen LogP contribution in [0.15, 0.2) is 35.5 Å². The number of ether oxygens (including phenoxy) is 2. The molecule has 1 saturated carbocycles. The summed E-state index contributed by atoms with van der Waals surface area (Å²) in [5, 5.41) is 5.57. The molecular formula is C22H30N2O4. The number of carbonyl (C=O) groups excluding carboxylic acids is 2. The molecule has 0 saturated heterocycles. The maximum Gasteiger partial charge on any atom is 0.338 e. The van der Waals surface area contributed by atoms with Gasteiger partial charge in [-0.25, -0.2) is 9.59 Å². The molecule has 3 rings (SSSR count). The van der Waals surface area contributed by atoms with Crippen molar-refractivity contribution in [3.63, 3.8) is 0 Å². The lowest BCUT2D eigenvalue weighted by Gasteiger charge is -2.31. The molecule has 1 heterocycles. The van der Waals surface area contributed by atoms with Gasteiger partial charge in [-0.15, -0.1) is 0 Å². The highest BCUT2D eigenvalue weighted by molar-refractivity contribution is 5.95. The van der Waals surface area contributed by atoms with Crippen LogP contribution in [0.25, 0.3) is 0 Å². The summed E-state index contributed by atoms with van der Waals surface area (Å²) in [5.41, 5.74) is 1.72. The average molecular weight is 386 g/mol. The number of esters is 1. The van der Waals surface area contributed by atoms with Crippen molar-refractivity contribution in [3.8, 4) is 5.75 Å². The number of benzene rings is 1. The van der Waals surface area contributed by atoms with E-state index >= 15 is 0 Å². The van der Waals surface area contributed by atoms with Crippen LogP contribution in [-0.4, -0.2) is 24.7 Å². The van der Waals surface area contributed by atoms with Crippen molar-refractivity contribution in [2.45, 2.75) is 65.0 Å². The molecule has 2 N–H and O–H groups in total. The smallest absolute Gasteiger partial charge is 0.338 e. The standard InChI is InChI=1S/C22H30N2O4/c1-4-13-27-18-8-6-5-7-17(18)20-19(15(3)23-22(26)24-20)21(25)28-16-11-9-14(2)10-12-16/h5-8,14,16,20H,4,9-13H2,1-3H3,(H2,23,24,26). The van der Waals surface area contributed by atoms with E-state index in [4.69, 9.17) is 9.47 Å². The molecule has 1 atom stereocenters. The third kappa shape index (κ3) is 4.66. The maximum absolute atomic E-state index is 13.1. The number of hydrogen-bond acceptors (Lipinski definition) is 4. The van der Waals surface area contributed by atoms with Gasteiger partial charge in [-0.3, -0.25) is 0 Å². The fraction of sp³-hybridized carbons (Fsp3) is 0.545. The van der Waals surface area contributed by atoms with E-state index in [0.717, 1.165) is 37.7 Å². The first-order valence-corrected chi connectivity index (χ1v) is 10.2. The second-order valence-electron chi connectivity index (χ2n) is 7.74. The molecule has 0 aromatic heterocycles. The van der Waals surface area contributed by atoms with Gasteiger partial charge >= 0.3 is 12.0 Å². The third-order valence-corrected chi connectivity index (χ3v) is 5.42. The van der Waals surface area contributed by atoms with Crippen LogP contribution in [0.3, 0.4) is 0 Å². The fourth-order valence-corrected chi connectivity index (χ4v) is 3.82. The average Bonchev–Trinajstić information content (AvgIpc) is 2.67. The third-order valence-electron chi connectivity index (χ3n) is 5.42.